The number of nitrogens with zero attached hydrogens (tertiary/aromatic N) is 3. The summed E-state index contributed by atoms with van der Waals surface area (Å²) in [5.74, 6) is 1.14. The van der Waals surface area contributed by atoms with E-state index in [0.717, 1.165) is 36.7 Å². The molecule has 1 saturated heterocycles. The quantitative estimate of drug-likeness (QED) is 0.318. The highest BCUT2D eigenvalue weighted by molar-refractivity contribution is 14.0. The van der Waals surface area contributed by atoms with Crippen LogP contribution in [-0.4, -0.2) is 54.0 Å². The van der Waals surface area contributed by atoms with E-state index in [4.69, 9.17) is 4.42 Å². The van der Waals surface area contributed by atoms with Gasteiger partial charge in [0.15, 0.2) is 5.96 Å². The van der Waals surface area contributed by atoms with Crippen LogP contribution in [0.4, 0.5) is 4.39 Å². The van der Waals surface area contributed by atoms with Crippen LogP contribution < -0.4 is 10.6 Å². The van der Waals surface area contributed by atoms with E-state index in [1.165, 1.54) is 12.1 Å². The normalized spacial score (nSPS) is 16.4. The molecule has 0 saturated carbocycles. The molecule has 1 atom stereocenters. The summed E-state index contributed by atoms with van der Waals surface area (Å²) in [6, 6.07) is 6.26. The van der Waals surface area contributed by atoms with E-state index in [1.807, 2.05) is 25.7 Å². The van der Waals surface area contributed by atoms with E-state index in [9.17, 15) is 9.18 Å². The lowest BCUT2D eigenvalue weighted by Gasteiger charge is -2.20. The molecule has 1 aliphatic heterocycles. The van der Waals surface area contributed by atoms with Crippen LogP contribution in [0.3, 0.4) is 0 Å². The number of rotatable bonds is 7. The summed E-state index contributed by atoms with van der Waals surface area (Å²) in [6.45, 7) is 8.66. The average molecular weight is 543 g/mol. The van der Waals surface area contributed by atoms with Crippen molar-refractivity contribution >= 4 is 35.8 Å². The number of carbonyl (C=O) groups is 1. The standard InChI is InChI=1S/C22H30FN5O2.HI/c1-4-24-22(27-18-10-12-28(13-18)21(29)15(2)3)25-11-9-19-14-30-20(26-19)16-5-7-17(23)8-6-16;/h5-8,14-15,18H,4,9-13H2,1-3H3,(H2,24,25,27);1H. The minimum absolute atomic E-state index is 0. The highest BCUT2D eigenvalue weighted by Gasteiger charge is 2.27. The average Bonchev–Trinajstić information content (AvgIpc) is 3.38. The van der Waals surface area contributed by atoms with E-state index in [0.29, 0.717) is 25.4 Å². The predicted octanol–water partition coefficient (Wildman–Crippen LogP) is 3.45. The van der Waals surface area contributed by atoms with Crippen LogP contribution in [0.15, 0.2) is 39.9 Å². The van der Waals surface area contributed by atoms with Crippen molar-refractivity contribution < 1.29 is 13.6 Å². The lowest BCUT2D eigenvalue weighted by atomic mass is 10.2. The number of amides is 1. The number of aromatic nitrogens is 1. The van der Waals surface area contributed by atoms with Crippen LogP contribution in [0.2, 0.25) is 0 Å². The van der Waals surface area contributed by atoms with Crippen molar-refractivity contribution in [3.63, 3.8) is 0 Å². The van der Waals surface area contributed by atoms with Crippen LogP contribution in [-0.2, 0) is 11.2 Å². The SMILES string of the molecule is CCNC(=NCCc1coc(-c2ccc(F)cc2)n1)NC1CCN(C(=O)C(C)C)C1.I. The molecule has 0 spiro atoms. The second kappa shape index (κ2) is 12.0. The van der Waals surface area contributed by atoms with Crippen molar-refractivity contribution in [1.29, 1.82) is 0 Å². The van der Waals surface area contributed by atoms with Gasteiger partial charge in [0.05, 0.1) is 5.69 Å². The number of carbonyl (C=O) groups excluding carboxylic acids is 1. The summed E-state index contributed by atoms with van der Waals surface area (Å²) in [4.78, 5) is 23.2. The summed E-state index contributed by atoms with van der Waals surface area (Å²) in [6.07, 6.45) is 3.15. The molecule has 7 nitrogen and oxygen atoms in total. The van der Waals surface area contributed by atoms with Crippen molar-refractivity contribution in [3.05, 3.63) is 42.0 Å². The first-order valence-corrected chi connectivity index (χ1v) is 10.5. The number of guanidine groups is 1. The Morgan fingerprint density at radius 3 is 2.77 bits per heavy atom. The minimum atomic E-state index is -0.290. The van der Waals surface area contributed by atoms with Crippen molar-refractivity contribution in [2.75, 3.05) is 26.2 Å². The molecule has 1 amide bonds. The predicted molar refractivity (Wildman–Crippen MR) is 130 cm³/mol. The van der Waals surface area contributed by atoms with Gasteiger partial charge in [-0.15, -0.1) is 24.0 Å². The van der Waals surface area contributed by atoms with Gasteiger partial charge in [-0.3, -0.25) is 9.79 Å². The van der Waals surface area contributed by atoms with Crippen molar-refractivity contribution in [2.45, 2.75) is 39.7 Å². The highest BCUT2D eigenvalue weighted by atomic mass is 127. The molecule has 1 fully saturated rings. The number of hydrogen-bond acceptors (Lipinski definition) is 4. The molecule has 2 aromatic rings. The van der Waals surface area contributed by atoms with Crippen molar-refractivity contribution in [3.8, 4) is 11.5 Å². The van der Waals surface area contributed by atoms with E-state index in [2.05, 4.69) is 20.6 Å². The zero-order chi connectivity index (χ0) is 21.5. The molecule has 0 bridgehead atoms. The molecule has 2 heterocycles. The van der Waals surface area contributed by atoms with Crippen LogP contribution in [0, 0.1) is 11.7 Å². The van der Waals surface area contributed by atoms with Crippen LogP contribution >= 0.6 is 24.0 Å². The number of oxazole rings is 1. The fraction of sp³-hybridized carbons (Fsp3) is 0.500. The smallest absolute Gasteiger partial charge is 0.226 e. The topological polar surface area (TPSA) is 82.8 Å². The summed E-state index contributed by atoms with van der Waals surface area (Å²) in [5.41, 5.74) is 1.53. The molecule has 1 aromatic heterocycles. The molecule has 1 aromatic carbocycles. The van der Waals surface area contributed by atoms with Gasteiger partial charge in [-0.05, 0) is 37.6 Å². The van der Waals surface area contributed by atoms with Gasteiger partial charge >= 0.3 is 0 Å². The molecule has 2 N–H and O–H groups in total. The molecule has 9 heteroatoms. The molecule has 0 aliphatic carbocycles. The highest BCUT2D eigenvalue weighted by Crippen LogP contribution is 2.19. The molecule has 3 rings (SSSR count). The van der Waals surface area contributed by atoms with Gasteiger partial charge in [-0.1, -0.05) is 13.8 Å². The largest absolute Gasteiger partial charge is 0.444 e. The third kappa shape index (κ3) is 7.19. The van der Waals surface area contributed by atoms with E-state index < -0.39 is 0 Å². The van der Waals surface area contributed by atoms with Gasteiger partial charge in [0.2, 0.25) is 11.8 Å². The number of halogens is 2. The van der Waals surface area contributed by atoms with E-state index in [1.54, 1.807) is 18.4 Å². The van der Waals surface area contributed by atoms with Gasteiger partial charge in [0.25, 0.3) is 0 Å². The van der Waals surface area contributed by atoms with Gasteiger partial charge in [-0.25, -0.2) is 9.37 Å². The first kappa shape index (κ1) is 25.1. The third-order valence-electron chi connectivity index (χ3n) is 4.96. The number of hydrogen-bond donors (Lipinski definition) is 2. The zero-order valence-corrected chi connectivity index (χ0v) is 20.6. The lowest BCUT2D eigenvalue weighted by Crippen LogP contribution is -2.45. The Morgan fingerprint density at radius 1 is 1.35 bits per heavy atom. The Morgan fingerprint density at radius 2 is 2.10 bits per heavy atom. The van der Waals surface area contributed by atoms with Crippen LogP contribution in [0.1, 0.15) is 32.9 Å². The van der Waals surface area contributed by atoms with E-state index >= 15 is 0 Å². The fourth-order valence-electron chi connectivity index (χ4n) is 3.39. The molecular formula is C22H31FIN5O2. The molecule has 0 radical (unpaired) electrons. The minimum Gasteiger partial charge on any atom is -0.444 e. The first-order valence-electron chi connectivity index (χ1n) is 10.5. The number of benzene rings is 1. The van der Waals surface area contributed by atoms with Crippen molar-refractivity contribution in [2.24, 2.45) is 10.9 Å². The van der Waals surface area contributed by atoms with Crippen LogP contribution in [0.5, 0.6) is 0 Å². The Kier molecular flexibility index (Phi) is 9.73. The number of nitrogens with one attached hydrogen (secondary N) is 2. The van der Waals surface area contributed by atoms with Gasteiger partial charge < -0.3 is 20.0 Å². The Hall–Kier alpha value is -2.17. The lowest BCUT2D eigenvalue weighted by molar-refractivity contribution is -0.133. The Balaban J connectivity index is 0.00000341. The molecule has 1 unspecified atom stereocenters. The fourth-order valence-corrected chi connectivity index (χ4v) is 3.39. The van der Waals surface area contributed by atoms with E-state index in [-0.39, 0.29) is 47.7 Å². The Bertz CT molecular complexity index is 869. The number of likely N-dealkylation sites (tertiary alicyclic amines) is 1. The van der Waals surface area contributed by atoms with Gasteiger partial charge in [-0.2, -0.15) is 0 Å². The molecular weight excluding hydrogens is 512 g/mol. The molecule has 31 heavy (non-hydrogen) atoms. The molecule has 1 aliphatic rings. The summed E-state index contributed by atoms with van der Waals surface area (Å²) < 4.78 is 18.6. The maximum atomic E-state index is 13.1. The zero-order valence-electron chi connectivity index (χ0n) is 18.2. The van der Waals surface area contributed by atoms with Crippen LogP contribution in [0.25, 0.3) is 11.5 Å². The third-order valence-corrected chi connectivity index (χ3v) is 4.96. The molecule has 170 valence electrons. The van der Waals surface area contributed by atoms with Gasteiger partial charge in [0.1, 0.15) is 12.1 Å². The monoisotopic (exact) mass is 543 g/mol. The second-order valence-electron chi connectivity index (χ2n) is 7.73. The summed E-state index contributed by atoms with van der Waals surface area (Å²) >= 11 is 0. The summed E-state index contributed by atoms with van der Waals surface area (Å²) in [7, 11) is 0. The maximum absolute atomic E-state index is 13.1. The Labute approximate surface area is 199 Å². The first-order chi connectivity index (χ1) is 14.5. The maximum Gasteiger partial charge on any atom is 0.226 e. The van der Waals surface area contributed by atoms with Crippen molar-refractivity contribution in [1.82, 2.24) is 20.5 Å². The number of aliphatic imine (C=N–C) groups is 1. The summed E-state index contributed by atoms with van der Waals surface area (Å²) in [5, 5.41) is 6.68. The second-order valence-corrected chi connectivity index (χ2v) is 7.73. The van der Waals surface area contributed by atoms with Gasteiger partial charge in [0, 0.05) is 50.1 Å².